The molecule has 1 aromatic heterocycles. The van der Waals surface area contributed by atoms with Crippen molar-refractivity contribution in [3.8, 4) is 0 Å². The number of hydrogen-bond acceptors (Lipinski definition) is 4. The van der Waals surface area contributed by atoms with E-state index in [2.05, 4.69) is 0 Å². The van der Waals surface area contributed by atoms with Crippen LogP contribution in [0.3, 0.4) is 0 Å². The van der Waals surface area contributed by atoms with E-state index in [1.807, 2.05) is 44.2 Å². The van der Waals surface area contributed by atoms with Gasteiger partial charge >= 0.3 is 0 Å². The predicted octanol–water partition coefficient (Wildman–Crippen LogP) is 4.04. The molecule has 150 valence electrons. The van der Waals surface area contributed by atoms with Crippen molar-refractivity contribution in [3.63, 3.8) is 0 Å². The first kappa shape index (κ1) is 20.6. The van der Waals surface area contributed by atoms with Crippen LogP contribution in [-0.4, -0.2) is 31.9 Å². The first-order valence-corrected chi connectivity index (χ1v) is 11.1. The Balaban J connectivity index is 1.74. The number of furan rings is 1. The molecular weight excluding hydrogens is 372 g/mol. The average Bonchev–Trinajstić information content (AvgIpc) is 3.13. The minimum atomic E-state index is -3.60. The maximum absolute atomic E-state index is 13.3. The standard InChI is InChI=1S/C22H28N2O3S/c1-17(2)16-24(12-10-20(23)14-18-6-4-3-5-7-18)28(25,26)21-8-9-22-19(15-21)11-13-27-22/h3-9,11,13,15,17,20H,10,12,14,16,23H2,1-2H3/t20-/m1/s1. The molecule has 2 N–H and O–H groups in total. The molecule has 1 heterocycles. The van der Waals surface area contributed by atoms with Crippen LogP contribution in [0.1, 0.15) is 25.8 Å². The minimum absolute atomic E-state index is 0.0939. The van der Waals surface area contributed by atoms with Gasteiger partial charge in [-0.3, -0.25) is 0 Å². The third-order valence-electron chi connectivity index (χ3n) is 4.72. The van der Waals surface area contributed by atoms with Crippen LogP contribution < -0.4 is 5.73 Å². The van der Waals surface area contributed by atoms with Crippen LogP contribution in [0.5, 0.6) is 0 Å². The summed E-state index contributed by atoms with van der Waals surface area (Å²) < 4.78 is 33.4. The van der Waals surface area contributed by atoms with Crippen LogP contribution in [0.15, 0.2) is 70.2 Å². The third kappa shape index (κ3) is 5.01. The molecule has 0 saturated carbocycles. The summed E-state index contributed by atoms with van der Waals surface area (Å²) in [6.07, 6.45) is 2.90. The number of nitrogens with two attached hydrogens (primary N) is 1. The summed E-state index contributed by atoms with van der Waals surface area (Å²) in [4.78, 5) is 0.290. The first-order valence-electron chi connectivity index (χ1n) is 9.63. The van der Waals surface area contributed by atoms with Crippen LogP contribution >= 0.6 is 0 Å². The Bertz CT molecular complexity index is 997. The highest BCUT2D eigenvalue weighted by Gasteiger charge is 2.26. The van der Waals surface area contributed by atoms with Crippen LogP contribution in [-0.2, 0) is 16.4 Å². The van der Waals surface area contributed by atoms with E-state index in [0.717, 1.165) is 11.8 Å². The summed E-state index contributed by atoms with van der Waals surface area (Å²) in [5.74, 6) is 0.220. The quantitative estimate of drug-likeness (QED) is 0.588. The highest BCUT2D eigenvalue weighted by molar-refractivity contribution is 7.89. The second kappa shape index (κ2) is 8.90. The predicted molar refractivity (Wildman–Crippen MR) is 113 cm³/mol. The molecule has 2 aromatic carbocycles. The monoisotopic (exact) mass is 400 g/mol. The summed E-state index contributed by atoms with van der Waals surface area (Å²) in [5.41, 5.74) is 8.14. The van der Waals surface area contributed by atoms with Crippen LogP contribution in [0.4, 0.5) is 0 Å². The number of benzene rings is 2. The fourth-order valence-corrected chi connectivity index (χ4v) is 4.95. The summed E-state index contributed by atoms with van der Waals surface area (Å²) >= 11 is 0. The molecule has 0 bridgehead atoms. The van der Waals surface area contributed by atoms with E-state index in [-0.39, 0.29) is 12.0 Å². The van der Waals surface area contributed by atoms with E-state index < -0.39 is 10.0 Å². The number of nitrogens with zero attached hydrogens (tertiary/aromatic N) is 1. The molecule has 1 atom stereocenters. The number of rotatable bonds is 9. The van der Waals surface area contributed by atoms with Gasteiger partial charge in [0.15, 0.2) is 0 Å². The molecule has 6 heteroatoms. The van der Waals surface area contributed by atoms with Crippen molar-refractivity contribution in [3.05, 3.63) is 66.4 Å². The van der Waals surface area contributed by atoms with E-state index in [4.69, 9.17) is 10.2 Å². The Morgan fingerprint density at radius 3 is 2.54 bits per heavy atom. The van der Waals surface area contributed by atoms with Gasteiger partial charge in [-0.15, -0.1) is 0 Å². The van der Waals surface area contributed by atoms with Gasteiger partial charge in [0.25, 0.3) is 0 Å². The Morgan fingerprint density at radius 1 is 1.07 bits per heavy atom. The molecule has 0 spiro atoms. The Morgan fingerprint density at radius 2 is 1.82 bits per heavy atom. The number of fused-ring (bicyclic) bond motifs is 1. The van der Waals surface area contributed by atoms with Gasteiger partial charge in [-0.2, -0.15) is 4.31 Å². The molecular formula is C22H28N2O3S. The average molecular weight is 401 g/mol. The molecule has 3 aromatic rings. The molecule has 0 aliphatic rings. The van der Waals surface area contributed by atoms with E-state index in [0.29, 0.717) is 30.0 Å². The van der Waals surface area contributed by atoms with Crippen molar-refractivity contribution in [1.82, 2.24) is 4.31 Å². The van der Waals surface area contributed by atoms with Crippen LogP contribution in [0, 0.1) is 5.92 Å². The maximum atomic E-state index is 13.3. The highest BCUT2D eigenvalue weighted by Crippen LogP contribution is 2.23. The van der Waals surface area contributed by atoms with Crippen molar-refractivity contribution in [2.24, 2.45) is 11.7 Å². The molecule has 0 amide bonds. The Labute approximate surface area is 167 Å². The summed E-state index contributed by atoms with van der Waals surface area (Å²) in [7, 11) is -3.60. The number of sulfonamides is 1. The third-order valence-corrected chi connectivity index (χ3v) is 6.58. The normalized spacial score (nSPS) is 13.5. The lowest BCUT2D eigenvalue weighted by Gasteiger charge is -2.25. The van der Waals surface area contributed by atoms with Gasteiger partial charge in [-0.1, -0.05) is 44.2 Å². The second-order valence-corrected chi connectivity index (χ2v) is 9.55. The van der Waals surface area contributed by atoms with Crippen molar-refractivity contribution in [2.45, 2.75) is 37.6 Å². The van der Waals surface area contributed by atoms with Crippen LogP contribution in [0.25, 0.3) is 11.0 Å². The highest BCUT2D eigenvalue weighted by atomic mass is 32.2. The summed E-state index contributed by atoms with van der Waals surface area (Å²) in [6, 6.07) is 16.7. The SMILES string of the molecule is CC(C)CN(CC[C@@H](N)Cc1ccccc1)S(=O)(=O)c1ccc2occc2c1. The Kier molecular flexibility index (Phi) is 6.54. The summed E-state index contributed by atoms with van der Waals surface area (Å²) in [6.45, 7) is 4.90. The first-order chi connectivity index (χ1) is 13.4. The minimum Gasteiger partial charge on any atom is -0.464 e. The second-order valence-electron chi connectivity index (χ2n) is 7.62. The van der Waals surface area contributed by atoms with Crippen molar-refractivity contribution in [2.75, 3.05) is 13.1 Å². The Hall–Kier alpha value is -2.15. The molecule has 0 fully saturated rings. The van der Waals surface area contributed by atoms with E-state index in [1.54, 1.807) is 34.8 Å². The van der Waals surface area contributed by atoms with Gasteiger partial charge in [0.1, 0.15) is 5.58 Å². The fraction of sp³-hybridized carbons (Fsp3) is 0.364. The van der Waals surface area contributed by atoms with Gasteiger partial charge in [0.2, 0.25) is 10.0 Å². The summed E-state index contributed by atoms with van der Waals surface area (Å²) in [5, 5.41) is 0.784. The largest absolute Gasteiger partial charge is 0.464 e. The van der Waals surface area contributed by atoms with Crippen molar-refractivity contribution >= 4 is 21.0 Å². The van der Waals surface area contributed by atoms with E-state index >= 15 is 0 Å². The zero-order chi connectivity index (χ0) is 20.1. The molecule has 28 heavy (non-hydrogen) atoms. The zero-order valence-corrected chi connectivity index (χ0v) is 17.2. The van der Waals surface area contributed by atoms with Gasteiger partial charge in [-0.05, 0) is 48.6 Å². The molecule has 0 radical (unpaired) electrons. The maximum Gasteiger partial charge on any atom is 0.243 e. The molecule has 0 aliphatic carbocycles. The van der Waals surface area contributed by atoms with Crippen molar-refractivity contribution < 1.29 is 12.8 Å². The molecule has 0 unspecified atom stereocenters. The molecule has 0 saturated heterocycles. The molecule has 0 aliphatic heterocycles. The van der Waals surface area contributed by atoms with Gasteiger partial charge in [0.05, 0.1) is 11.2 Å². The van der Waals surface area contributed by atoms with Gasteiger partial charge in [-0.25, -0.2) is 8.42 Å². The fourth-order valence-electron chi connectivity index (χ4n) is 3.30. The number of hydrogen-bond donors (Lipinski definition) is 1. The van der Waals surface area contributed by atoms with Gasteiger partial charge < -0.3 is 10.2 Å². The lowest BCUT2D eigenvalue weighted by atomic mass is 10.0. The lowest BCUT2D eigenvalue weighted by molar-refractivity contribution is 0.351. The lowest BCUT2D eigenvalue weighted by Crippen LogP contribution is -2.38. The van der Waals surface area contributed by atoms with Crippen molar-refractivity contribution in [1.29, 1.82) is 0 Å². The van der Waals surface area contributed by atoms with E-state index in [1.165, 1.54) is 5.56 Å². The molecule has 3 rings (SSSR count). The topological polar surface area (TPSA) is 76.5 Å². The van der Waals surface area contributed by atoms with E-state index in [9.17, 15) is 8.42 Å². The van der Waals surface area contributed by atoms with Crippen LogP contribution in [0.2, 0.25) is 0 Å². The smallest absolute Gasteiger partial charge is 0.243 e. The zero-order valence-electron chi connectivity index (χ0n) is 16.4. The van der Waals surface area contributed by atoms with Gasteiger partial charge in [0, 0.05) is 24.5 Å². The molecule has 5 nitrogen and oxygen atoms in total.